The number of carboxylic acids is 1. The third kappa shape index (κ3) is 3.27. The van der Waals surface area contributed by atoms with Gasteiger partial charge in [-0.25, -0.2) is 17.9 Å². The lowest BCUT2D eigenvalue weighted by Crippen LogP contribution is -2.23. The standard InChI is InChI=1S/C12H11BrN2O4S/c13-10-2-1-9(12(16)17)5-11(10)20(18,19)15-7-8-3-4-14-6-8/h1-6,14-15H,7H2,(H,16,17). The van der Waals surface area contributed by atoms with Gasteiger partial charge in [0.1, 0.15) is 0 Å². The first-order valence-corrected chi connectivity index (χ1v) is 7.82. The molecule has 0 unspecified atom stereocenters. The number of rotatable bonds is 5. The number of benzene rings is 1. The van der Waals surface area contributed by atoms with Crippen LogP contribution in [-0.4, -0.2) is 24.5 Å². The minimum Gasteiger partial charge on any atom is -0.478 e. The summed E-state index contributed by atoms with van der Waals surface area (Å²) in [7, 11) is -3.80. The fourth-order valence-electron chi connectivity index (χ4n) is 1.57. The number of carboxylic acid groups (broad SMARTS) is 1. The number of halogens is 1. The van der Waals surface area contributed by atoms with Crippen LogP contribution in [0.1, 0.15) is 15.9 Å². The predicted molar refractivity (Wildman–Crippen MR) is 75.9 cm³/mol. The Morgan fingerprint density at radius 1 is 1.35 bits per heavy atom. The fraction of sp³-hybridized carbons (Fsp3) is 0.0833. The average molecular weight is 359 g/mol. The molecule has 1 heterocycles. The number of aromatic carboxylic acids is 1. The molecule has 106 valence electrons. The number of sulfonamides is 1. The third-order valence-electron chi connectivity index (χ3n) is 2.60. The molecule has 0 radical (unpaired) electrons. The molecule has 1 aromatic carbocycles. The topological polar surface area (TPSA) is 99.3 Å². The van der Waals surface area contributed by atoms with Crippen LogP contribution >= 0.6 is 15.9 Å². The Kier molecular flexibility index (Phi) is 4.26. The van der Waals surface area contributed by atoms with Gasteiger partial charge in [0.2, 0.25) is 10.0 Å². The second-order valence-electron chi connectivity index (χ2n) is 3.99. The summed E-state index contributed by atoms with van der Waals surface area (Å²) in [5.74, 6) is -1.18. The Morgan fingerprint density at radius 2 is 2.10 bits per heavy atom. The van der Waals surface area contributed by atoms with Crippen molar-refractivity contribution >= 4 is 31.9 Å². The van der Waals surface area contributed by atoms with E-state index in [2.05, 4.69) is 25.6 Å². The van der Waals surface area contributed by atoms with E-state index in [4.69, 9.17) is 5.11 Å². The lowest BCUT2D eigenvalue weighted by molar-refractivity contribution is 0.0696. The van der Waals surface area contributed by atoms with E-state index in [-0.39, 0.29) is 17.0 Å². The van der Waals surface area contributed by atoms with Gasteiger partial charge in [-0.15, -0.1) is 0 Å². The second kappa shape index (κ2) is 5.78. The Bertz CT molecular complexity index is 726. The van der Waals surface area contributed by atoms with Gasteiger partial charge in [-0.1, -0.05) is 0 Å². The predicted octanol–water partition coefficient (Wildman–Crippen LogP) is 1.95. The van der Waals surface area contributed by atoms with Crippen molar-refractivity contribution in [3.05, 3.63) is 52.3 Å². The highest BCUT2D eigenvalue weighted by atomic mass is 79.9. The first-order chi connectivity index (χ1) is 9.40. The van der Waals surface area contributed by atoms with E-state index in [1.54, 1.807) is 18.5 Å². The van der Waals surface area contributed by atoms with Crippen molar-refractivity contribution in [3.8, 4) is 0 Å². The van der Waals surface area contributed by atoms with E-state index >= 15 is 0 Å². The summed E-state index contributed by atoms with van der Waals surface area (Å²) in [6.07, 6.45) is 3.36. The Hall–Kier alpha value is -1.64. The summed E-state index contributed by atoms with van der Waals surface area (Å²) in [5.41, 5.74) is 0.689. The number of nitrogens with one attached hydrogen (secondary N) is 2. The van der Waals surface area contributed by atoms with Crippen LogP contribution in [0.3, 0.4) is 0 Å². The maximum atomic E-state index is 12.2. The minimum absolute atomic E-state index is 0.0878. The number of aromatic amines is 1. The van der Waals surface area contributed by atoms with Crippen molar-refractivity contribution in [1.82, 2.24) is 9.71 Å². The first-order valence-electron chi connectivity index (χ1n) is 5.54. The van der Waals surface area contributed by atoms with Crippen LogP contribution in [0.5, 0.6) is 0 Å². The molecular weight excluding hydrogens is 348 g/mol. The highest BCUT2D eigenvalue weighted by Crippen LogP contribution is 2.23. The zero-order valence-electron chi connectivity index (χ0n) is 10.1. The van der Waals surface area contributed by atoms with Crippen molar-refractivity contribution in [3.63, 3.8) is 0 Å². The normalized spacial score (nSPS) is 11.4. The van der Waals surface area contributed by atoms with Gasteiger partial charge in [0, 0.05) is 23.4 Å². The van der Waals surface area contributed by atoms with Crippen LogP contribution in [0.15, 0.2) is 46.0 Å². The lowest BCUT2D eigenvalue weighted by atomic mass is 10.2. The molecule has 8 heteroatoms. The zero-order chi connectivity index (χ0) is 14.8. The molecular formula is C12H11BrN2O4S. The largest absolute Gasteiger partial charge is 0.478 e. The monoisotopic (exact) mass is 358 g/mol. The van der Waals surface area contributed by atoms with Gasteiger partial charge in [-0.05, 0) is 45.8 Å². The van der Waals surface area contributed by atoms with E-state index in [1.165, 1.54) is 12.1 Å². The molecule has 0 atom stereocenters. The van der Waals surface area contributed by atoms with Crippen molar-refractivity contribution in [2.24, 2.45) is 0 Å². The summed E-state index contributed by atoms with van der Waals surface area (Å²) in [6, 6.07) is 5.59. The van der Waals surface area contributed by atoms with Gasteiger partial charge >= 0.3 is 5.97 Å². The van der Waals surface area contributed by atoms with Crippen LogP contribution in [0, 0.1) is 0 Å². The molecule has 3 N–H and O–H groups in total. The van der Waals surface area contributed by atoms with E-state index in [0.29, 0.717) is 4.47 Å². The van der Waals surface area contributed by atoms with Crippen molar-refractivity contribution in [2.45, 2.75) is 11.4 Å². The van der Waals surface area contributed by atoms with Crippen molar-refractivity contribution in [1.29, 1.82) is 0 Å². The molecule has 6 nitrogen and oxygen atoms in total. The summed E-state index contributed by atoms with van der Waals surface area (Å²) in [6.45, 7) is 0.121. The number of carbonyl (C=O) groups is 1. The molecule has 0 fully saturated rings. The molecule has 0 spiro atoms. The molecule has 20 heavy (non-hydrogen) atoms. The van der Waals surface area contributed by atoms with Gasteiger partial charge in [0.15, 0.2) is 0 Å². The number of H-pyrrole nitrogens is 1. The molecule has 0 aliphatic heterocycles. The molecule has 0 saturated carbocycles. The van der Waals surface area contributed by atoms with Crippen molar-refractivity contribution < 1.29 is 18.3 Å². The van der Waals surface area contributed by atoms with Gasteiger partial charge in [0.05, 0.1) is 10.5 Å². The molecule has 1 aromatic heterocycles. The average Bonchev–Trinajstić information content (AvgIpc) is 2.89. The highest BCUT2D eigenvalue weighted by molar-refractivity contribution is 9.10. The minimum atomic E-state index is -3.80. The SMILES string of the molecule is O=C(O)c1ccc(Br)c(S(=O)(=O)NCc2cc[nH]c2)c1. The Balaban J connectivity index is 2.28. The second-order valence-corrected chi connectivity index (χ2v) is 6.58. The lowest BCUT2D eigenvalue weighted by Gasteiger charge is -2.08. The molecule has 0 bridgehead atoms. The van der Waals surface area contributed by atoms with Crippen LogP contribution in [0.2, 0.25) is 0 Å². The number of aromatic nitrogens is 1. The van der Waals surface area contributed by atoms with Gasteiger partial charge < -0.3 is 10.1 Å². The molecule has 0 aliphatic carbocycles. The smallest absolute Gasteiger partial charge is 0.335 e. The molecule has 2 rings (SSSR count). The molecule has 2 aromatic rings. The summed E-state index contributed by atoms with van der Waals surface area (Å²) in [5, 5.41) is 8.91. The molecule has 0 aliphatic rings. The van der Waals surface area contributed by atoms with Gasteiger partial charge in [0.25, 0.3) is 0 Å². The summed E-state index contributed by atoms with van der Waals surface area (Å²) >= 11 is 3.12. The van der Waals surface area contributed by atoms with E-state index in [0.717, 1.165) is 11.6 Å². The van der Waals surface area contributed by atoms with Crippen LogP contribution in [0.4, 0.5) is 0 Å². The van der Waals surface area contributed by atoms with Gasteiger partial charge in [-0.3, -0.25) is 0 Å². The van der Waals surface area contributed by atoms with E-state index < -0.39 is 16.0 Å². The molecule has 0 amide bonds. The first kappa shape index (κ1) is 14.8. The van der Waals surface area contributed by atoms with Crippen molar-refractivity contribution in [2.75, 3.05) is 0 Å². The zero-order valence-corrected chi connectivity index (χ0v) is 12.5. The highest BCUT2D eigenvalue weighted by Gasteiger charge is 2.19. The summed E-state index contributed by atoms with van der Waals surface area (Å²) < 4.78 is 27.1. The van der Waals surface area contributed by atoms with Crippen LogP contribution in [0.25, 0.3) is 0 Å². The Morgan fingerprint density at radius 3 is 2.70 bits per heavy atom. The van der Waals surface area contributed by atoms with Crippen LogP contribution < -0.4 is 4.72 Å². The fourth-order valence-corrected chi connectivity index (χ4v) is 3.57. The third-order valence-corrected chi connectivity index (χ3v) is 4.99. The van der Waals surface area contributed by atoms with Crippen LogP contribution in [-0.2, 0) is 16.6 Å². The quantitative estimate of drug-likeness (QED) is 0.760. The van der Waals surface area contributed by atoms with E-state index in [9.17, 15) is 13.2 Å². The van der Waals surface area contributed by atoms with Gasteiger partial charge in [-0.2, -0.15) is 0 Å². The molecule has 0 saturated heterocycles. The maximum absolute atomic E-state index is 12.2. The Labute approximate surface area is 124 Å². The maximum Gasteiger partial charge on any atom is 0.335 e. The summed E-state index contributed by atoms with van der Waals surface area (Å²) in [4.78, 5) is 13.6. The number of hydrogen-bond acceptors (Lipinski definition) is 3. The number of hydrogen-bond donors (Lipinski definition) is 3. The van der Waals surface area contributed by atoms with E-state index in [1.807, 2.05) is 0 Å².